The first kappa shape index (κ1) is 19.4. The lowest BCUT2D eigenvalue weighted by Crippen LogP contribution is -2.35. The fraction of sp³-hybridized carbons (Fsp3) is 0.182. The van der Waals surface area contributed by atoms with E-state index in [0.29, 0.717) is 17.0 Å². The second-order valence-electron chi connectivity index (χ2n) is 6.75. The fourth-order valence-electron chi connectivity index (χ4n) is 3.18. The summed E-state index contributed by atoms with van der Waals surface area (Å²) in [4.78, 5) is 39.6. The quantitative estimate of drug-likeness (QED) is 0.680. The average molecular weight is 403 g/mol. The van der Waals surface area contributed by atoms with Crippen molar-refractivity contribution in [2.45, 2.75) is 19.3 Å². The molecule has 0 aliphatic heterocycles. The Bertz CT molecular complexity index is 1200. The van der Waals surface area contributed by atoms with E-state index in [-0.39, 0.29) is 11.2 Å². The van der Waals surface area contributed by atoms with E-state index in [1.54, 1.807) is 6.20 Å². The molecule has 1 aliphatic rings. The molecule has 8 nitrogen and oxygen atoms in total. The van der Waals surface area contributed by atoms with E-state index in [9.17, 15) is 9.59 Å². The van der Waals surface area contributed by atoms with Crippen LogP contribution < -0.4 is 21.0 Å². The Morgan fingerprint density at radius 1 is 1.20 bits per heavy atom. The molecule has 2 N–H and O–H groups in total. The summed E-state index contributed by atoms with van der Waals surface area (Å²) in [5.41, 5.74) is 1.12. The van der Waals surface area contributed by atoms with Crippen molar-refractivity contribution in [1.29, 1.82) is 0 Å². The van der Waals surface area contributed by atoms with Gasteiger partial charge in [0.05, 0.1) is 0 Å². The highest BCUT2D eigenvalue weighted by atomic mass is 16.6. The second kappa shape index (κ2) is 8.60. The van der Waals surface area contributed by atoms with Gasteiger partial charge in [0.25, 0.3) is 11.5 Å². The second-order valence-corrected chi connectivity index (χ2v) is 6.75. The van der Waals surface area contributed by atoms with E-state index in [1.807, 2.05) is 48.6 Å². The van der Waals surface area contributed by atoms with Crippen LogP contribution in [0.25, 0.3) is 11.0 Å². The van der Waals surface area contributed by atoms with Crippen molar-refractivity contribution in [3.63, 3.8) is 0 Å². The highest BCUT2D eigenvalue weighted by Gasteiger charge is 2.18. The molecule has 8 heteroatoms. The minimum absolute atomic E-state index is 0.0461. The van der Waals surface area contributed by atoms with Crippen molar-refractivity contribution in [2.75, 3.05) is 12.4 Å². The van der Waals surface area contributed by atoms with Crippen LogP contribution in [-0.2, 0) is 0 Å². The van der Waals surface area contributed by atoms with Gasteiger partial charge in [-0.1, -0.05) is 30.4 Å². The molecule has 152 valence electrons. The minimum Gasteiger partial charge on any atom is -0.412 e. The first-order chi connectivity index (χ1) is 14.7. The normalized spacial score (nSPS) is 13.4. The van der Waals surface area contributed by atoms with Crippen LogP contribution in [0.4, 0.5) is 11.6 Å². The Morgan fingerprint density at radius 3 is 2.83 bits per heavy atom. The van der Waals surface area contributed by atoms with Crippen molar-refractivity contribution in [1.82, 2.24) is 20.0 Å². The molecule has 2 heterocycles. The Balaban J connectivity index is 1.69. The van der Waals surface area contributed by atoms with Gasteiger partial charge in [0.2, 0.25) is 5.95 Å². The maximum absolute atomic E-state index is 12.9. The molecule has 1 aliphatic carbocycles. The lowest BCUT2D eigenvalue weighted by Gasteiger charge is -2.12. The lowest BCUT2D eigenvalue weighted by molar-refractivity contribution is 0.0959. The molecule has 4 rings (SSSR count). The largest absolute Gasteiger partial charge is 0.412 e. The Kier molecular flexibility index (Phi) is 5.56. The van der Waals surface area contributed by atoms with Gasteiger partial charge < -0.3 is 15.5 Å². The third-order valence-corrected chi connectivity index (χ3v) is 4.65. The molecule has 0 unspecified atom stereocenters. The summed E-state index contributed by atoms with van der Waals surface area (Å²) in [5.74, 6) is -0.193. The SMILES string of the molecule is COn1c(=O)c(C(=O)NC2=CCCCC=C2)cc2cnc(Nc3ccccc3)nc21. The Morgan fingerprint density at radius 2 is 2.03 bits per heavy atom. The number of nitrogens with zero attached hydrogens (tertiary/aromatic N) is 3. The molecule has 0 atom stereocenters. The molecule has 0 spiro atoms. The summed E-state index contributed by atoms with van der Waals surface area (Å²) >= 11 is 0. The number of amides is 1. The summed E-state index contributed by atoms with van der Waals surface area (Å²) in [6.07, 6.45) is 10.2. The van der Waals surface area contributed by atoms with Crippen LogP contribution in [0.1, 0.15) is 29.6 Å². The average Bonchev–Trinajstić information content (AvgIpc) is 3.03. The third kappa shape index (κ3) is 4.07. The zero-order chi connectivity index (χ0) is 20.9. The van der Waals surface area contributed by atoms with Crippen molar-refractivity contribution in [3.8, 4) is 0 Å². The van der Waals surface area contributed by atoms with Gasteiger partial charge in [0.15, 0.2) is 5.65 Å². The summed E-state index contributed by atoms with van der Waals surface area (Å²) in [7, 11) is 1.35. The number of allylic oxidation sites excluding steroid dienone is 3. The van der Waals surface area contributed by atoms with Gasteiger partial charge in [0.1, 0.15) is 12.7 Å². The van der Waals surface area contributed by atoms with Crippen molar-refractivity contribution >= 4 is 28.6 Å². The zero-order valence-corrected chi connectivity index (χ0v) is 16.5. The number of hydrogen-bond donors (Lipinski definition) is 2. The van der Waals surface area contributed by atoms with Gasteiger partial charge in [-0.25, -0.2) is 4.98 Å². The smallest absolute Gasteiger partial charge is 0.297 e. The Labute approximate surface area is 172 Å². The molecule has 0 saturated heterocycles. The van der Waals surface area contributed by atoms with E-state index in [4.69, 9.17) is 4.84 Å². The summed E-state index contributed by atoms with van der Waals surface area (Å²) in [5, 5.41) is 6.37. The Hall–Kier alpha value is -3.94. The highest BCUT2D eigenvalue weighted by molar-refractivity contribution is 5.98. The number of carbonyl (C=O) groups excluding carboxylic acids is 1. The number of nitrogens with one attached hydrogen (secondary N) is 2. The maximum Gasteiger partial charge on any atom is 0.297 e. The molecule has 0 radical (unpaired) electrons. The van der Waals surface area contributed by atoms with Crippen molar-refractivity contribution < 1.29 is 9.63 Å². The lowest BCUT2D eigenvalue weighted by atomic mass is 10.2. The molecule has 0 saturated carbocycles. The van der Waals surface area contributed by atoms with Gasteiger partial charge in [-0.15, -0.1) is 4.73 Å². The molecule has 2 aromatic heterocycles. The first-order valence-corrected chi connectivity index (χ1v) is 9.63. The van der Waals surface area contributed by atoms with Crippen LogP contribution in [0.15, 0.2) is 71.3 Å². The van der Waals surface area contributed by atoms with Crippen LogP contribution in [0.5, 0.6) is 0 Å². The predicted octanol–water partition coefficient (Wildman–Crippen LogP) is 2.95. The van der Waals surface area contributed by atoms with Crippen molar-refractivity contribution in [2.24, 2.45) is 0 Å². The van der Waals surface area contributed by atoms with Crippen LogP contribution >= 0.6 is 0 Å². The van der Waals surface area contributed by atoms with Gasteiger partial charge in [-0.2, -0.15) is 4.98 Å². The van der Waals surface area contributed by atoms with Gasteiger partial charge in [0, 0.05) is 23.0 Å². The predicted molar refractivity (Wildman–Crippen MR) is 115 cm³/mol. The standard InChI is InChI=1S/C22H21N5O3/c1-30-27-19-15(14-23-22(26-19)25-17-11-7-4-8-12-17)13-18(21(27)29)20(28)24-16-9-5-2-3-6-10-16/h4-5,7-14H,2-3,6H2,1H3,(H,24,28)(H,23,25,26). The highest BCUT2D eigenvalue weighted by Crippen LogP contribution is 2.16. The van der Waals surface area contributed by atoms with E-state index >= 15 is 0 Å². The third-order valence-electron chi connectivity index (χ3n) is 4.65. The number of anilines is 2. The number of para-hydroxylation sites is 1. The zero-order valence-electron chi connectivity index (χ0n) is 16.5. The van der Waals surface area contributed by atoms with Crippen LogP contribution in [0.2, 0.25) is 0 Å². The van der Waals surface area contributed by atoms with Gasteiger partial charge in [-0.3, -0.25) is 9.59 Å². The molecule has 1 amide bonds. The number of benzene rings is 1. The number of aromatic nitrogens is 3. The number of fused-ring (bicyclic) bond motifs is 1. The molecule has 3 aromatic rings. The minimum atomic E-state index is -0.593. The van der Waals surface area contributed by atoms with Gasteiger partial charge >= 0.3 is 0 Å². The van der Waals surface area contributed by atoms with E-state index in [2.05, 4.69) is 20.6 Å². The molecule has 0 fully saturated rings. The summed E-state index contributed by atoms with van der Waals surface area (Å²) in [6, 6.07) is 10.9. The number of carbonyl (C=O) groups is 1. The number of pyridine rings is 1. The van der Waals surface area contributed by atoms with E-state index in [1.165, 1.54) is 13.2 Å². The first-order valence-electron chi connectivity index (χ1n) is 9.63. The molecule has 30 heavy (non-hydrogen) atoms. The molecular formula is C22H21N5O3. The van der Waals surface area contributed by atoms with Crippen LogP contribution in [-0.4, -0.2) is 27.7 Å². The van der Waals surface area contributed by atoms with Crippen molar-refractivity contribution in [3.05, 3.63) is 82.4 Å². The molecule has 0 bridgehead atoms. The van der Waals surface area contributed by atoms with E-state index < -0.39 is 11.5 Å². The summed E-state index contributed by atoms with van der Waals surface area (Å²) in [6.45, 7) is 0. The topological polar surface area (TPSA) is 98.1 Å². The fourth-order valence-corrected chi connectivity index (χ4v) is 3.18. The van der Waals surface area contributed by atoms with E-state index in [0.717, 1.165) is 29.7 Å². The number of hydrogen-bond acceptors (Lipinski definition) is 6. The molecular weight excluding hydrogens is 382 g/mol. The van der Waals surface area contributed by atoms with Crippen LogP contribution in [0, 0.1) is 0 Å². The summed E-state index contributed by atoms with van der Waals surface area (Å²) < 4.78 is 0.999. The van der Waals surface area contributed by atoms with Gasteiger partial charge in [-0.05, 0) is 43.5 Å². The number of rotatable bonds is 5. The van der Waals surface area contributed by atoms with Crippen LogP contribution in [0.3, 0.4) is 0 Å². The molecule has 1 aromatic carbocycles. The maximum atomic E-state index is 12.9. The monoisotopic (exact) mass is 403 g/mol.